The Bertz CT molecular complexity index is 211. The predicted octanol–water partition coefficient (Wildman–Crippen LogP) is 3.02. The second-order valence-electron chi connectivity index (χ2n) is 6.19. The van der Waals surface area contributed by atoms with Crippen molar-refractivity contribution in [2.45, 2.75) is 64.3 Å². The summed E-state index contributed by atoms with van der Waals surface area (Å²) in [5.74, 6) is 1.90. The van der Waals surface area contributed by atoms with Gasteiger partial charge in [0.05, 0.1) is 0 Å². The Morgan fingerprint density at radius 3 is 2.47 bits per heavy atom. The minimum absolute atomic E-state index is 0.677. The Kier molecular flexibility index (Phi) is 5.30. The van der Waals surface area contributed by atoms with E-state index in [0.717, 1.165) is 18.4 Å². The summed E-state index contributed by atoms with van der Waals surface area (Å²) >= 11 is 0. The Balaban J connectivity index is 1.82. The maximum atomic E-state index is 5.97. The summed E-state index contributed by atoms with van der Waals surface area (Å²) in [5, 5.41) is 0. The van der Waals surface area contributed by atoms with Crippen molar-refractivity contribution in [3.63, 3.8) is 0 Å². The Labute approximate surface area is 107 Å². The summed E-state index contributed by atoms with van der Waals surface area (Å²) < 4.78 is 0. The molecule has 0 spiro atoms. The quantitative estimate of drug-likeness (QED) is 0.816. The molecule has 2 rings (SSSR count). The van der Waals surface area contributed by atoms with E-state index in [2.05, 4.69) is 11.8 Å². The molecule has 1 saturated heterocycles. The van der Waals surface area contributed by atoms with E-state index in [0.29, 0.717) is 6.04 Å². The zero-order valence-electron chi connectivity index (χ0n) is 11.5. The summed E-state index contributed by atoms with van der Waals surface area (Å²) in [6, 6.07) is 0.677. The lowest BCUT2D eigenvalue weighted by Crippen LogP contribution is -2.48. The number of nitrogens with zero attached hydrogens (tertiary/aromatic N) is 1. The molecular weight excluding hydrogens is 208 g/mol. The van der Waals surface area contributed by atoms with E-state index in [1.54, 1.807) is 0 Å². The molecule has 2 atom stereocenters. The molecule has 0 radical (unpaired) electrons. The van der Waals surface area contributed by atoms with Crippen LogP contribution in [0.15, 0.2) is 0 Å². The fraction of sp³-hybridized carbons (Fsp3) is 1.00. The first-order chi connectivity index (χ1) is 8.33. The summed E-state index contributed by atoms with van der Waals surface area (Å²) in [6.07, 6.45) is 11.4. The van der Waals surface area contributed by atoms with E-state index < -0.39 is 0 Å². The third-order valence-corrected chi connectivity index (χ3v) is 5.01. The van der Waals surface area contributed by atoms with Gasteiger partial charge in [-0.1, -0.05) is 32.6 Å². The van der Waals surface area contributed by atoms with Crippen LogP contribution >= 0.6 is 0 Å². The molecule has 1 aliphatic carbocycles. The van der Waals surface area contributed by atoms with Crippen molar-refractivity contribution in [2.24, 2.45) is 17.6 Å². The lowest BCUT2D eigenvalue weighted by molar-refractivity contribution is 0.0882. The Morgan fingerprint density at radius 1 is 1.06 bits per heavy atom. The molecule has 2 fully saturated rings. The average molecular weight is 238 g/mol. The second kappa shape index (κ2) is 6.75. The molecule has 0 aromatic heterocycles. The molecular formula is C15H30N2. The maximum absolute atomic E-state index is 5.97. The lowest BCUT2D eigenvalue weighted by Gasteiger charge is -2.41. The highest BCUT2D eigenvalue weighted by Crippen LogP contribution is 2.29. The van der Waals surface area contributed by atoms with Crippen molar-refractivity contribution in [2.75, 3.05) is 19.6 Å². The molecule has 2 N–H and O–H groups in total. The van der Waals surface area contributed by atoms with Gasteiger partial charge in [-0.15, -0.1) is 0 Å². The van der Waals surface area contributed by atoms with Crippen LogP contribution in [0.3, 0.4) is 0 Å². The van der Waals surface area contributed by atoms with E-state index in [-0.39, 0.29) is 0 Å². The lowest BCUT2D eigenvalue weighted by atomic mass is 9.85. The molecule has 0 bridgehead atoms. The summed E-state index contributed by atoms with van der Waals surface area (Å²) in [6.45, 7) is 5.83. The molecule has 2 unspecified atom stereocenters. The molecule has 0 aromatic rings. The molecule has 1 heterocycles. The van der Waals surface area contributed by atoms with Crippen LogP contribution < -0.4 is 5.73 Å². The van der Waals surface area contributed by atoms with Crippen LogP contribution in [0.4, 0.5) is 0 Å². The standard InChI is InChI=1S/C15H30N2/c1-2-13-8-9-17(15(10-13)11-16)12-14-6-4-3-5-7-14/h13-15H,2-12,16H2,1H3. The van der Waals surface area contributed by atoms with Gasteiger partial charge in [0.25, 0.3) is 0 Å². The molecule has 0 amide bonds. The van der Waals surface area contributed by atoms with Crippen molar-refractivity contribution in [3.05, 3.63) is 0 Å². The maximum Gasteiger partial charge on any atom is 0.0221 e. The van der Waals surface area contributed by atoms with E-state index in [1.165, 1.54) is 64.5 Å². The molecule has 2 heteroatoms. The van der Waals surface area contributed by atoms with E-state index in [1.807, 2.05) is 0 Å². The van der Waals surface area contributed by atoms with Gasteiger partial charge in [0.1, 0.15) is 0 Å². The van der Waals surface area contributed by atoms with Crippen LogP contribution in [0.5, 0.6) is 0 Å². The number of piperidine rings is 1. The van der Waals surface area contributed by atoms with Crippen molar-refractivity contribution >= 4 is 0 Å². The van der Waals surface area contributed by atoms with Crippen LogP contribution in [-0.4, -0.2) is 30.6 Å². The first-order valence-electron chi connectivity index (χ1n) is 7.77. The fourth-order valence-corrected chi connectivity index (χ4v) is 3.74. The van der Waals surface area contributed by atoms with Crippen molar-refractivity contribution in [1.29, 1.82) is 0 Å². The molecule has 2 aliphatic rings. The molecule has 1 aliphatic heterocycles. The third kappa shape index (κ3) is 3.69. The largest absolute Gasteiger partial charge is 0.329 e. The SMILES string of the molecule is CCC1CCN(CC2CCCCC2)C(CN)C1. The highest BCUT2D eigenvalue weighted by molar-refractivity contribution is 4.84. The smallest absolute Gasteiger partial charge is 0.0221 e. The molecule has 0 aromatic carbocycles. The van der Waals surface area contributed by atoms with Crippen LogP contribution in [0.2, 0.25) is 0 Å². The number of nitrogens with two attached hydrogens (primary N) is 1. The molecule has 17 heavy (non-hydrogen) atoms. The van der Waals surface area contributed by atoms with Gasteiger partial charge in [0.15, 0.2) is 0 Å². The van der Waals surface area contributed by atoms with Crippen molar-refractivity contribution in [1.82, 2.24) is 4.90 Å². The summed E-state index contributed by atoms with van der Waals surface area (Å²) in [4.78, 5) is 2.71. The molecule has 100 valence electrons. The minimum atomic E-state index is 0.677. The van der Waals surface area contributed by atoms with E-state index in [4.69, 9.17) is 5.73 Å². The fourth-order valence-electron chi connectivity index (χ4n) is 3.74. The van der Waals surface area contributed by atoms with Gasteiger partial charge >= 0.3 is 0 Å². The van der Waals surface area contributed by atoms with Crippen LogP contribution in [-0.2, 0) is 0 Å². The van der Waals surface area contributed by atoms with Gasteiger partial charge in [0, 0.05) is 19.1 Å². The highest BCUT2D eigenvalue weighted by atomic mass is 15.2. The van der Waals surface area contributed by atoms with E-state index >= 15 is 0 Å². The summed E-state index contributed by atoms with van der Waals surface area (Å²) in [5.41, 5.74) is 5.97. The number of likely N-dealkylation sites (tertiary alicyclic amines) is 1. The minimum Gasteiger partial charge on any atom is -0.329 e. The van der Waals surface area contributed by atoms with Crippen LogP contribution in [0.25, 0.3) is 0 Å². The topological polar surface area (TPSA) is 29.3 Å². The van der Waals surface area contributed by atoms with Crippen LogP contribution in [0, 0.1) is 11.8 Å². The van der Waals surface area contributed by atoms with Gasteiger partial charge < -0.3 is 5.73 Å². The normalized spacial score (nSPS) is 32.8. The second-order valence-corrected chi connectivity index (χ2v) is 6.19. The first-order valence-corrected chi connectivity index (χ1v) is 7.77. The molecule has 1 saturated carbocycles. The van der Waals surface area contributed by atoms with Crippen molar-refractivity contribution < 1.29 is 0 Å². The van der Waals surface area contributed by atoms with Gasteiger partial charge in [-0.05, 0) is 44.1 Å². The summed E-state index contributed by atoms with van der Waals surface area (Å²) in [7, 11) is 0. The number of hydrogen-bond acceptors (Lipinski definition) is 2. The zero-order valence-corrected chi connectivity index (χ0v) is 11.5. The van der Waals surface area contributed by atoms with Gasteiger partial charge in [0.2, 0.25) is 0 Å². The van der Waals surface area contributed by atoms with E-state index in [9.17, 15) is 0 Å². The molecule has 2 nitrogen and oxygen atoms in total. The average Bonchev–Trinajstić information content (AvgIpc) is 2.40. The zero-order chi connectivity index (χ0) is 12.1. The van der Waals surface area contributed by atoms with Gasteiger partial charge in [-0.25, -0.2) is 0 Å². The number of hydrogen-bond donors (Lipinski definition) is 1. The highest BCUT2D eigenvalue weighted by Gasteiger charge is 2.28. The van der Waals surface area contributed by atoms with Crippen molar-refractivity contribution in [3.8, 4) is 0 Å². The Hall–Kier alpha value is -0.0800. The monoisotopic (exact) mass is 238 g/mol. The van der Waals surface area contributed by atoms with Crippen LogP contribution in [0.1, 0.15) is 58.3 Å². The first kappa shape index (κ1) is 13.4. The third-order valence-electron chi connectivity index (χ3n) is 5.01. The predicted molar refractivity (Wildman–Crippen MR) is 74.0 cm³/mol. The van der Waals surface area contributed by atoms with Gasteiger partial charge in [-0.2, -0.15) is 0 Å². The van der Waals surface area contributed by atoms with Gasteiger partial charge in [-0.3, -0.25) is 4.90 Å². The Morgan fingerprint density at radius 2 is 1.82 bits per heavy atom. The number of rotatable bonds is 4.